The van der Waals surface area contributed by atoms with Crippen molar-refractivity contribution in [1.82, 2.24) is 0 Å². The van der Waals surface area contributed by atoms with E-state index in [2.05, 4.69) is 10.2 Å². The largest absolute Gasteiger partial charge is 0.398 e. The molecule has 5 N–H and O–H groups in total. The second kappa shape index (κ2) is 5.91. The summed E-state index contributed by atoms with van der Waals surface area (Å²) in [6.45, 7) is 1.88. The van der Waals surface area contributed by atoms with Crippen LogP contribution in [0.2, 0.25) is 5.02 Å². The lowest BCUT2D eigenvalue weighted by molar-refractivity contribution is 0.483. The Labute approximate surface area is 132 Å². The number of anilines is 2. The molecule has 2 rings (SSSR count). The van der Waals surface area contributed by atoms with Gasteiger partial charge in [-0.2, -0.15) is 8.42 Å². The third-order valence-electron chi connectivity index (χ3n) is 2.81. The van der Waals surface area contributed by atoms with Gasteiger partial charge < -0.3 is 11.5 Å². The predicted octanol–water partition coefficient (Wildman–Crippen LogP) is 3.47. The SMILES string of the molecule is Cc1ccc(N=Nc2cc(S(=O)(=O)O)c(N)cc2N)c(Cl)c1. The van der Waals surface area contributed by atoms with Crippen molar-refractivity contribution in [2.24, 2.45) is 10.2 Å². The molecule has 0 aliphatic rings. The van der Waals surface area contributed by atoms with Crippen LogP contribution in [0.1, 0.15) is 5.56 Å². The molecule has 22 heavy (non-hydrogen) atoms. The Morgan fingerprint density at radius 3 is 2.27 bits per heavy atom. The summed E-state index contributed by atoms with van der Waals surface area (Å²) in [5, 5.41) is 8.19. The van der Waals surface area contributed by atoms with Gasteiger partial charge in [-0.25, -0.2) is 0 Å². The summed E-state index contributed by atoms with van der Waals surface area (Å²) in [5.74, 6) is 0. The quantitative estimate of drug-likeness (QED) is 0.447. The number of hydrogen-bond acceptors (Lipinski definition) is 6. The molecule has 0 saturated carbocycles. The zero-order chi connectivity index (χ0) is 16.5. The third-order valence-corrected chi connectivity index (χ3v) is 4.02. The summed E-state index contributed by atoms with van der Waals surface area (Å²) in [6.07, 6.45) is 0. The van der Waals surface area contributed by atoms with Crippen molar-refractivity contribution < 1.29 is 13.0 Å². The van der Waals surface area contributed by atoms with Crippen LogP contribution >= 0.6 is 11.6 Å². The first-order valence-electron chi connectivity index (χ1n) is 6.03. The van der Waals surface area contributed by atoms with E-state index >= 15 is 0 Å². The average Bonchev–Trinajstić information content (AvgIpc) is 2.38. The number of aryl methyl sites for hydroxylation is 1. The number of azo groups is 1. The van der Waals surface area contributed by atoms with Crippen molar-refractivity contribution in [3.8, 4) is 0 Å². The van der Waals surface area contributed by atoms with E-state index in [4.69, 9.17) is 27.6 Å². The lowest BCUT2D eigenvalue weighted by Gasteiger charge is -2.06. The van der Waals surface area contributed by atoms with E-state index in [0.29, 0.717) is 10.7 Å². The topological polar surface area (TPSA) is 131 Å². The van der Waals surface area contributed by atoms with Crippen LogP contribution in [-0.4, -0.2) is 13.0 Å². The number of hydrogen-bond donors (Lipinski definition) is 3. The zero-order valence-electron chi connectivity index (χ0n) is 11.5. The Balaban J connectivity index is 2.47. The highest BCUT2D eigenvalue weighted by Gasteiger charge is 2.16. The Kier molecular flexibility index (Phi) is 4.36. The van der Waals surface area contributed by atoms with Gasteiger partial charge in [0.1, 0.15) is 16.3 Å². The summed E-state index contributed by atoms with van der Waals surface area (Å²) in [5.41, 5.74) is 12.6. The molecule has 2 aromatic rings. The molecule has 0 saturated heterocycles. The van der Waals surface area contributed by atoms with E-state index in [1.807, 2.05) is 6.92 Å². The van der Waals surface area contributed by atoms with Crippen LogP contribution in [-0.2, 0) is 10.1 Å². The molecule has 116 valence electrons. The van der Waals surface area contributed by atoms with Crippen molar-refractivity contribution in [1.29, 1.82) is 0 Å². The second-order valence-corrected chi connectivity index (χ2v) is 6.38. The Morgan fingerprint density at radius 2 is 1.68 bits per heavy atom. The molecule has 0 fully saturated rings. The number of nitrogens with zero attached hydrogens (tertiary/aromatic N) is 2. The van der Waals surface area contributed by atoms with Gasteiger partial charge >= 0.3 is 0 Å². The van der Waals surface area contributed by atoms with E-state index in [9.17, 15) is 8.42 Å². The number of halogens is 1. The monoisotopic (exact) mass is 340 g/mol. The van der Waals surface area contributed by atoms with Crippen molar-refractivity contribution >= 4 is 44.5 Å². The van der Waals surface area contributed by atoms with Crippen molar-refractivity contribution in [3.63, 3.8) is 0 Å². The summed E-state index contributed by atoms with van der Waals surface area (Å²) in [7, 11) is -4.48. The molecule has 2 aromatic carbocycles. The molecule has 0 heterocycles. The first-order valence-corrected chi connectivity index (χ1v) is 7.84. The maximum absolute atomic E-state index is 11.2. The van der Waals surface area contributed by atoms with E-state index in [1.165, 1.54) is 6.07 Å². The summed E-state index contributed by atoms with van der Waals surface area (Å²) >= 11 is 6.02. The molecule has 7 nitrogen and oxygen atoms in total. The van der Waals surface area contributed by atoms with Gasteiger partial charge in [-0.3, -0.25) is 4.55 Å². The first kappa shape index (κ1) is 16.2. The zero-order valence-corrected chi connectivity index (χ0v) is 13.1. The summed E-state index contributed by atoms with van der Waals surface area (Å²) < 4.78 is 31.6. The highest BCUT2D eigenvalue weighted by molar-refractivity contribution is 7.86. The van der Waals surface area contributed by atoms with Crippen molar-refractivity contribution in [2.45, 2.75) is 11.8 Å². The molecule has 0 aliphatic carbocycles. The van der Waals surface area contributed by atoms with Crippen LogP contribution in [0.3, 0.4) is 0 Å². The smallest absolute Gasteiger partial charge is 0.296 e. The molecule has 0 aliphatic heterocycles. The van der Waals surface area contributed by atoms with Gasteiger partial charge in [-0.15, -0.1) is 10.2 Å². The van der Waals surface area contributed by atoms with Crippen LogP contribution < -0.4 is 11.5 Å². The van der Waals surface area contributed by atoms with E-state index in [0.717, 1.165) is 11.6 Å². The van der Waals surface area contributed by atoms with E-state index in [-0.39, 0.29) is 17.1 Å². The lowest BCUT2D eigenvalue weighted by atomic mass is 10.2. The van der Waals surface area contributed by atoms with Crippen molar-refractivity contribution in [3.05, 3.63) is 40.9 Å². The Hall–Kier alpha value is -2.16. The number of nitrogen functional groups attached to an aromatic ring is 2. The van der Waals surface area contributed by atoms with Gasteiger partial charge in [0.25, 0.3) is 10.1 Å². The fourth-order valence-corrected chi connectivity index (χ4v) is 2.60. The molecule has 0 amide bonds. The van der Waals surface area contributed by atoms with Gasteiger partial charge in [0.05, 0.1) is 16.4 Å². The third kappa shape index (κ3) is 3.53. The minimum Gasteiger partial charge on any atom is -0.398 e. The fourth-order valence-electron chi connectivity index (χ4n) is 1.71. The van der Waals surface area contributed by atoms with Gasteiger partial charge in [-0.1, -0.05) is 17.7 Å². The molecular weight excluding hydrogens is 328 g/mol. The van der Waals surface area contributed by atoms with Crippen LogP contribution in [0.5, 0.6) is 0 Å². The molecule has 0 atom stereocenters. The molecule has 9 heteroatoms. The van der Waals surface area contributed by atoms with Crippen LogP contribution in [0, 0.1) is 6.92 Å². The normalized spacial score (nSPS) is 12.0. The van der Waals surface area contributed by atoms with Crippen molar-refractivity contribution in [2.75, 3.05) is 11.5 Å². The highest BCUT2D eigenvalue weighted by atomic mass is 35.5. The standard InChI is InChI=1S/C13H13ClN4O3S/c1-7-2-3-11(8(14)4-7)17-18-12-6-13(22(19,20)21)10(16)5-9(12)15/h2-6H,15-16H2,1H3,(H,19,20,21). The van der Waals surface area contributed by atoms with Crippen LogP contribution in [0.25, 0.3) is 0 Å². The summed E-state index contributed by atoms with van der Waals surface area (Å²) in [6, 6.07) is 7.42. The molecule has 0 unspecified atom stereocenters. The molecular formula is C13H13ClN4O3S. The first-order chi connectivity index (χ1) is 10.2. The molecule has 0 spiro atoms. The van der Waals surface area contributed by atoms with Crippen LogP contribution in [0.4, 0.5) is 22.7 Å². The lowest BCUT2D eigenvalue weighted by Crippen LogP contribution is -2.04. The maximum atomic E-state index is 11.2. The average molecular weight is 341 g/mol. The minimum absolute atomic E-state index is 0.0541. The number of rotatable bonds is 3. The fraction of sp³-hybridized carbons (Fsp3) is 0.0769. The van der Waals surface area contributed by atoms with Gasteiger partial charge in [0.15, 0.2) is 0 Å². The van der Waals surface area contributed by atoms with E-state index < -0.39 is 15.0 Å². The van der Waals surface area contributed by atoms with Gasteiger partial charge in [0.2, 0.25) is 0 Å². The molecule has 0 radical (unpaired) electrons. The van der Waals surface area contributed by atoms with Crippen LogP contribution in [0.15, 0.2) is 45.5 Å². The Morgan fingerprint density at radius 1 is 1.05 bits per heavy atom. The highest BCUT2D eigenvalue weighted by Crippen LogP contribution is 2.33. The minimum atomic E-state index is -4.48. The molecule has 0 aromatic heterocycles. The molecule has 0 bridgehead atoms. The Bertz CT molecular complexity index is 866. The number of nitrogens with two attached hydrogens (primary N) is 2. The maximum Gasteiger partial charge on any atom is 0.296 e. The van der Waals surface area contributed by atoms with Gasteiger partial charge in [0, 0.05) is 0 Å². The summed E-state index contributed by atoms with van der Waals surface area (Å²) in [4.78, 5) is -0.481. The number of benzene rings is 2. The second-order valence-electron chi connectivity index (χ2n) is 4.58. The van der Waals surface area contributed by atoms with E-state index in [1.54, 1.807) is 18.2 Å². The predicted molar refractivity (Wildman–Crippen MR) is 85.4 cm³/mol. The van der Waals surface area contributed by atoms with Gasteiger partial charge in [-0.05, 0) is 36.8 Å².